The molecule has 2 aliphatic heterocycles. The number of nitrogens with one attached hydrogen (secondary N) is 2. The molecule has 1 aromatic rings. The Kier molecular flexibility index (Phi) is 10.2. The van der Waals surface area contributed by atoms with E-state index in [1.165, 1.54) is 12.8 Å². The van der Waals surface area contributed by atoms with Crippen LogP contribution in [0.5, 0.6) is 5.75 Å². The summed E-state index contributed by atoms with van der Waals surface area (Å²) in [6.45, 7) is 7.55. The highest BCUT2D eigenvalue weighted by atomic mass is 35.5. The van der Waals surface area contributed by atoms with Gasteiger partial charge < -0.3 is 20.1 Å². The molecule has 0 spiro atoms. The van der Waals surface area contributed by atoms with Crippen LogP contribution in [0.25, 0.3) is 0 Å². The Morgan fingerprint density at radius 1 is 1.27 bits per heavy atom. The number of carbonyl (C=O) groups excluding carboxylic acids is 1. The summed E-state index contributed by atoms with van der Waals surface area (Å²) in [4.78, 5) is 15.4. The maximum atomic E-state index is 13.0. The molecule has 6 nitrogen and oxygen atoms in total. The highest BCUT2D eigenvalue weighted by Gasteiger charge is 2.49. The van der Waals surface area contributed by atoms with Gasteiger partial charge in [-0.1, -0.05) is 25.0 Å². The molecule has 1 aromatic carbocycles. The van der Waals surface area contributed by atoms with E-state index in [0.717, 1.165) is 70.1 Å². The highest BCUT2D eigenvalue weighted by Crippen LogP contribution is 2.43. The third-order valence-electron chi connectivity index (χ3n) is 6.62. The molecule has 0 bridgehead atoms. The van der Waals surface area contributed by atoms with Crippen molar-refractivity contribution in [3.8, 4) is 5.75 Å². The van der Waals surface area contributed by atoms with Crippen LogP contribution >= 0.6 is 24.8 Å². The zero-order chi connectivity index (χ0) is 19.2. The Morgan fingerprint density at radius 3 is 2.93 bits per heavy atom. The molecule has 3 aliphatic rings. The van der Waals surface area contributed by atoms with E-state index >= 15 is 0 Å². The number of fused-ring (bicyclic) bond motifs is 1. The lowest BCUT2D eigenvalue weighted by atomic mass is 9.67. The van der Waals surface area contributed by atoms with Crippen LogP contribution in [0.15, 0.2) is 24.3 Å². The number of rotatable bonds is 7. The number of nitrogens with zero attached hydrogens (tertiary/aromatic N) is 1. The molecule has 0 radical (unpaired) electrons. The molecule has 2 saturated heterocycles. The second kappa shape index (κ2) is 12.1. The summed E-state index contributed by atoms with van der Waals surface area (Å²) in [5, 5.41) is 6.66. The summed E-state index contributed by atoms with van der Waals surface area (Å²) >= 11 is 0. The van der Waals surface area contributed by atoms with Crippen LogP contribution in [0.1, 0.15) is 31.2 Å². The lowest BCUT2D eigenvalue weighted by Gasteiger charge is -2.37. The molecule has 1 amide bonds. The molecule has 2 heterocycles. The van der Waals surface area contributed by atoms with Crippen LogP contribution in [0.4, 0.5) is 0 Å². The number of carbonyl (C=O) groups is 1. The van der Waals surface area contributed by atoms with Crippen LogP contribution in [-0.4, -0.2) is 63.4 Å². The molecular weight excluding hydrogens is 425 g/mol. The molecule has 4 rings (SSSR count). The van der Waals surface area contributed by atoms with Crippen molar-refractivity contribution in [1.29, 1.82) is 0 Å². The summed E-state index contributed by atoms with van der Waals surface area (Å²) < 4.78 is 11.3. The second-order valence-electron chi connectivity index (χ2n) is 8.36. The van der Waals surface area contributed by atoms with Gasteiger partial charge in [-0.15, -0.1) is 24.8 Å². The molecule has 8 heteroatoms. The summed E-state index contributed by atoms with van der Waals surface area (Å²) in [6, 6.07) is 8.09. The van der Waals surface area contributed by atoms with Crippen LogP contribution in [0, 0.1) is 11.3 Å². The van der Waals surface area contributed by atoms with Crippen molar-refractivity contribution in [1.82, 2.24) is 15.5 Å². The smallest absolute Gasteiger partial charge is 0.228 e. The third kappa shape index (κ3) is 6.01. The van der Waals surface area contributed by atoms with Gasteiger partial charge >= 0.3 is 0 Å². The standard InChI is InChI=1S/C22H33N3O3.2ClH/c26-21(22-7-2-1-5-19(22)16-23-17-22)24-15-18-4-3-6-20(14-18)28-13-10-25-8-11-27-12-9-25;;/h3-4,6,14,19,23H,1-2,5,7-13,15-17H2,(H,24,26);2*1H/t19-,22+;;/m0../s1. The number of hydrogen-bond acceptors (Lipinski definition) is 5. The first kappa shape index (κ1) is 25.2. The monoisotopic (exact) mass is 459 g/mol. The van der Waals surface area contributed by atoms with E-state index in [4.69, 9.17) is 9.47 Å². The van der Waals surface area contributed by atoms with E-state index in [1.807, 2.05) is 18.2 Å². The Morgan fingerprint density at radius 2 is 2.10 bits per heavy atom. The van der Waals surface area contributed by atoms with Crippen LogP contribution in [-0.2, 0) is 16.1 Å². The average Bonchev–Trinajstić information content (AvgIpc) is 3.18. The SMILES string of the molecule is Cl.Cl.O=C(NCc1cccc(OCCN2CCOCC2)c1)[C@@]12CCCC[C@H]1CNC2. The molecule has 1 saturated carbocycles. The van der Waals surface area contributed by atoms with Gasteiger partial charge in [0.1, 0.15) is 12.4 Å². The molecule has 170 valence electrons. The Hall–Kier alpha value is -1.05. The van der Waals surface area contributed by atoms with Crippen molar-refractivity contribution in [2.75, 3.05) is 52.5 Å². The van der Waals surface area contributed by atoms with Gasteiger partial charge in [-0.2, -0.15) is 0 Å². The minimum atomic E-state index is -0.190. The number of amides is 1. The van der Waals surface area contributed by atoms with Crippen molar-refractivity contribution < 1.29 is 14.3 Å². The Labute approximate surface area is 192 Å². The second-order valence-corrected chi connectivity index (χ2v) is 8.36. The van der Waals surface area contributed by atoms with Gasteiger partial charge in [-0.3, -0.25) is 9.69 Å². The average molecular weight is 460 g/mol. The largest absolute Gasteiger partial charge is 0.492 e. The maximum Gasteiger partial charge on any atom is 0.228 e. The quantitative estimate of drug-likeness (QED) is 0.655. The first-order chi connectivity index (χ1) is 13.8. The first-order valence-electron chi connectivity index (χ1n) is 10.8. The number of hydrogen-bond donors (Lipinski definition) is 2. The molecule has 2 N–H and O–H groups in total. The molecule has 3 fully saturated rings. The number of morpholine rings is 1. The van der Waals surface area contributed by atoms with E-state index in [0.29, 0.717) is 19.1 Å². The predicted octanol–water partition coefficient (Wildman–Crippen LogP) is 2.64. The van der Waals surface area contributed by atoms with E-state index in [1.54, 1.807) is 0 Å². The molecule has 0 unspecified atom stereocenters. The number of ether oxygens (including phenoxy) is 2. The predicted molar refractivity (Wildman–Crippen MR) is 123 cm³/mol. The fourth-order valence-corrected chi connectivity index (χ4v) is 4.91. The molecule has 0 aromatic heterocycles. The maximum absolute atomic E-state index is 13.0. The topological polar surface area (TPSA) is 62.8 Å². The number of benzene rings is 1. The highest BCUT2D eigenvalue weighted by molar-refractivity contribution is 5.85. The lowest BCUT2D eigenvalue weighted by Crippen LogP contribution is -2.47. The van der Waals surface area contributed by atoms with Crippen molar-refractivity contribution in [3.05, 3.63) is 29.8 Å². The zero-order valence-corrected chi connectivity index (χ0v) is 19.2. The first-order valence-corrected chi connectivity index (χ1v) is 10.8. The van der Waals surface area contributed by atoms with E-state index in [2.05, 4.69) is 21.6 Å². The summed E-state index contributed by atoms with van der Waals surface area (Å²) in [5.41, 5.74) is 0.900. The van der Waals surface area contributed by atoms with Gasteiger partial charge in [0, 0.05) is 32.7 Å². The zero-order valence-electron chi connectivity index (χ0n) is 17.6. The van der Waals surface area contributed by atoms with Crippen molar-refractivity contribution in [2.45, 2.75) is 32.2 Å². The van der Waals surface area contributed by atoms with Crippen molar-refractivity contribution >= 4 is 30.7 Å². The Bertz CT molecular complexity index is 673. The van der Waals surface area contributed by atoms with Gasteiger partial charge in [0.2, 0.25) is 5.91 Å². The minimum Gasteiger partial charge on any atom is -0.492 e. The summed E-state index contributed by atoms with van der Waals surface area (Å²) in [7, 11) is 0. The van der Waals surface area contributed by atoms with Crippen molar-refractivity contribution in [2.24, 2.45) is 11.3 Å². The van der Waals surface area contributed by atoms with Gasteiger partial charge in [0.15, 0.2) is 0 Å². The van der Waals surface area contributed by atoms with E-state index in [9.17, 15) is 4.79 Å². The number of halogens is 2. The van der Waals surface area contributed by atoms with Gasteiger partial charge in [-0.25, -0.2) is 0 Å². The minimum absolute atomic E-state index is 0. The van der Waals surface area contributed by atoms with Gasteiger partial charge in [0.05, 0.1) is 18.6 Å². The Balaban J connectivity index is 0.00000160. The summed E-state index contributed by atoms with van der Waals surface area (Å²) in [5.74, 6) is 1.59. The molecular formula is C22H35Cl2N3O3. The normalized spacial score (nSPS) is 26.1. The fraction of sp³-hybridized carbons (Fsp3) is 0.682. The van der Waals surface area contributed by atoms with E-state index < -0.39 is 0 Å². The van der Waals surface area contributed by atoms with Crippen LogP contribution in [0.2, 0.25) is 0 Å². The van der Waals surface area contributed by atoms with Gasteiger partial charge in [0.25, 0.3) is 0 Å². The molecule has 2 atom stereocenters. The summed E-state index contributed by atoms with van der Waals surface area (Å²) in [6.07, 6.45) is 4.61. The third-order valence-corrected chi connectivity index (χ3v) is 6.62. The van der Waals surface area contributed by atoms with Crippen molar-refractivity contribution in [3.63, 3.8) is 0 Å². The van der Waals surface area contributed by atoms with Gasteiger partial charge in [-0.05, 0) is 43.0 Å². The fourth-order valence-electron chi connectivity index (χ4n) is 4.91. The van der Waals surface area contributed by atoms with E-state index in [-0.39, 0.29) is 36.1 Å². The molecule has 1 aliphatic carbocycles. The van der Waals surface area contributed by atoms with Crippen LogP contribution in [0.3, 0.4) is 0 Å². The van der Waals surface area contributed by atoms with Crippen LogP contribution < -0.4 is 15.4 Å². The lowest BCUT2D eigenvalue weighted by molar-refractivity contribution is -0.134. The molecule has 30 heavy (non-hydrogen) atoms.